The predicted molar refractivity (Wildman–Crippen MR) is 75.3 cm³/mol. The van der Waals surface area contributed by atoms with E-state index < -0.39 is 0 Å². The van der Waals surface area contributed by atoms with E-state index in [9.17, 15) is 4.79 Å². The summed E-state index contributed by atoms with van der Waals surface area (Å²) in [6, 6.07) is 9.98. The summed E-state index contributed by atoms with van der Waals surface area (Å²) in [7, 11) is 0. The number of carbonyl (C=O) groups is 1. The van der Waals surface area contributed by atoms with Gasteiger partial charge >= 0.3 is 0 Å². The van der Waals surface area contributed by atoms with Crippen LogP contribution in [0.4, 0.5) is 5.82 Å². The van der Waals surface area contributed by atoms with Crippen LogP contribution in [0.1, 0.15) is 23.2 Å². The van der Waals surface area contributed by atoms with Crippen molar-refractivity contribution < 1.29 is 9.53 Å². The molecule has 2 heterocycles. The zero-order valence-electron chi connectivity index (χ0n) is 11.2. The van der Waals surface area contributed by atoms with E-state index in [0.29, 0.717) is 25.5 Å². The number of hydrogen-bond donors (Lipinski definition) is 2. The number of hydrogen-bond acceptors (Lipinski definition) is 3. The number of anilines is 1. The molecule has 2 N–H and O–H groups in total. The van der Waals surface area contributed by atoms with Gasteiger partial charge in [-0.2, -0.15) is 5.10 Å². The Kier molecular flexibility index (Phi) is 3.78. The topological polar surface area (TPSA) is 67.0 Å². The maximum atomic E-state index is 12.0. The van der Waals surface area contributed by atoms with Gasteiger partial charge in [-0.25, -0.2) is 0 Å². The second kappa shape index (κ2) is 5.88. The standard InChI is InChI=1S/C15H17N3O2/c19-14(7-6-11-4-2-1-3-5-11)16-15-12-10-20-9-8-13(12)17-18-15/h1-5H,6-10H2,(H2,16,17,18,19). The third-order valence-electron chi connectivity index (χ3n) is 3.44. The molecule has 0 atom stereocenters. The Morgan fingerprint density at radius 2 is 2.20 bits per heavy atom. The zero-order chi connectivity index (χ0) is 13.8. The fourth-order valence-corrected chi connectivity index (χ4v) is 2.31. The van der Waals surface area contributed by atoms with Crippen LogP contribution < -0.4 is 5.32 Å². The molecule has 1 aromatic carbocycles. The zero-order valence-corrected chi connectivity index (χ0v) is 11.2. The third-order valence-corrected chi connectivity index (χ3v) is 3.44. The first kappa shape index (κ1) is 12.9. The first-order chi connectivity index (χ1) is 9.83. The number of amides is 1. The summed E-state index contributed by atoms with van der Waals surface area (Å²) in [5, 5.41) is 9.98. The van der Waals surface area contributed by atoms with E-state index in [-0.39, 0.29) is 5.91 Å². The average molecular weight is 271 g/mol. The van der Waals surface area contributed by atoms with Crippen molar-refractivity contribution in [2.24, 2.45) is 0 Å². The molecule has 0 fully saturated rings. The van der Waals surface area contributed by atoms with Crippen LogP contribution in [0, 0.1) is 0 Å². The number of rotatable bonds is 4. The van der Waals surface area contributed by atoms with Crippen molar-refractivity contribution in [3.8, 4) is 0 Å². The van der Waals surface area contributed by atoms with Crippen LogP contribution in [0.5, 0.6) is 0 Å². The molecule has 0 saturated carbocycles. The molecular formula is C15H17N3O2. The molecule has 0 aliphatic carbocycles. The van der Waals surface area contributed by atoms with Crippen molar-refractivity contribution in [3.63, 3.8) is 0 Å². The highest BCUT2D eigenvalue weighted by Gasteiger charge is 2.18. The van der Waals surface area contributed by atoms with Crippen LogP contribution in [0.15, 0.2) is 30.3 Å². The van der Waals surface area contributed by atoms with Gasteiger partial charge in [0.05, 0.1) is 13.2 Å². The van der Waals surface area contributed by atoms with Gasteiger partial charge in [-0.3, -0.25) is 9.89 Å². The number of carbonyl (C=O) groups excluding carboxylic acids is 1. The lowest BCUT2D eigenvalue weighted by Gasteiger charge is -2.12. The number of aromatic nitrogens is 2. The minimum atomic E-state index is -0.0197. The highest BCUT2D eigenvalue weighted by atomic mass is 16.5. The minimum absolute atomic E-state index is 0.0197. The molecule has 20 heavy (non-hydrogen) atoms. The number of benzene rings is 1. The molecule has 5 heteroatoms. The van der Waals surface area contributed by atoms with Crippen LogP contribution >= 0.6 is 0 Å². The van der Waals surface area contributed by atoms with Crippen molar-refractivity contribution in [2.45, 2.75) is 25.9 Å². The number of nitrogens with one attached hydrogen (secondary N) is 2. The maximum Gasteiger partial charge on any atom is 0.225 e. The molecule has 3 rings (SSSR count). The molecule has 0 spiro atoms. The number of aromatic amines is 1. The molecule has 1 amide bonds. The molecule has 2 aromatic rings. The van der Waals surface area contributed by atoms with E-state index >= 15 is 0 Å². The van der Waals surface area contributed by atoms with Gasteiger partial charge < -0.3 is 10.1 Å². The van der Waals surface area contributed by atoms with Gasteiger partial charge in [-0.05, 0) is 12.0 Å². The summed E-state index contributed by atoms with van der Waals surface area (Å²) in [5.41, 5.74) is 3.20. The highest BCUT2D eigenvalue weighted by molar-refractivity contribution is 5.90. The molecular weight excluding hydrogens is 254 g/mol. The van der Waals surface area contributed by atoms with Crippen molar-refractivity contribution >= 4 is 11.7 Å². The summed E-state index contributed by atoms with van der Waals surface area (Å²) in [5.74, 6) is 0.589. The van der Waals surface area contributed by atoms with Gasteiger partial charge in [-0.1, -0.05) is 30.3 Å². The normalized spacial score (nSPS) is 13.8. The Labute approximate surface area is 117 Å². The Hall–Kier alpha value is -2.14. The summed E-state index contributed by atoms with van der Waals surface area (Å²) in [6.07, 6.45) is 2.00. The van der Waals surface area contributed by atoms with Gasteiger partial charge in [0, 0.05) is 24.1 Å². The predicted octanol–water partition coefficient (Wildman–Crippen LogP) is 2.05. The number of nitrogens with zero attached hydrogens (tertiary/aromatic N) is 1. The van der Waals surface area contributed by atoms with Crippen LogP contribution in [0.3, 0.4) is 0 Å². The van der Waals surface area contributed by atoms with E-state index in [1.165, 1.54) is 0 Å². The van der Waals surface area contributed by atoms with Gasteiger partial charge in [0.2, 0.25) is 5.91 Å². The van der Waals surface area contributed by atoms with E-state index in [1.807, 2.05) is 30.3 Å². The quantitative estimate of drug-likeness (QED) is 0.894. The first-order valence-electron chi connectivity index (χ1n) is 6.80. The Morgan fingerprint density at radius 1 is 1.35 bits per heavy atom. The van der Waals surface area contributed by atoms with Gasteiger partial charge in [0.25, 0.3) is 0 Å². The van der Waals surface area contributed by atoms with Crippen molar-refractivity contribution in [2.75, 3.05) is 11.9 Å². The Balaban J connectivity index is 1.58. The van der Waals surface area contributed by atoms with Crippen LogP contribution in [-0.2, 0) is 29.0 Å². The molecule has 1 aliphatic heterocycles. The smallest absolute Gasteiger partial charge is 0.225 e. The van der Waals surface area contributed by atoms with Crippen LogP contribution in [-0.4, -0.2) is 22.7 Å². The molecule has 1 aliphatic rings. The number of fused-ring (bicyclic) bond motifs is 1. The number of ether oxygens (including phenoxy) is 1. The Bertz CT molecular complexity index is 592. The van der Waals surface area contributed by atoms with Crippen molar-refractivity contribution in [3.05, 3.63) is 47.2 Å². The highest BCUT2D eigenvalue weighted by Crippen LogP contribution is 2.22. The fraction of sp³-hybridized carbons (Fsp3) is 0.333. The lowest BCUT2D eigenvalue weighted by molar-refractivity contribution is -0.116. The largest absolute Gasteiger partial charge is 0.376 e. The first-order valence-corrected chi connectivity index (χ1v) is 6.80. The minimum Gasteiger partial charge on any atom is -0.376 e. The monoisotopic (exact) mass is 271 g/mol. The maximum absolute atomic E-state index is 12.0. The number of H-pyrrole nitrogens is 1. The molecule has 0 saturated heterocycles. The Morgan fingerprint density at radius 3 is 3.05 bits per heavy atom. The molecule has 0 bridgehead atoms. The van der Waals surface area contributed by atoms with E-state index in [2.05, 4.69) is 15.5 Å². The molecule has 0 unspecified atom stereocenters. The van der Waals surface area contributed by atoms with Crippen LogP contribution in [0.25, 0.3) is 0 Å². The van der Waals surface area contributed by atoms with E-state index in [0.717, 1.165) is 29.7 Å². The average Bonchev–Trinajstić information content (AvgIpc) is 2.90. The van der Waals surface area contributed by atoms with Gasteiger partial charge in [0.1, 0.15) is 0 Å². The van der Waals surface area contributed by atoms with Gasteiger partial charge in [-0.15, -0.1) is 0 Å². The van der Waals surface area contributed by atoms with E-state index in [4.69, 9.17) is 4.74 Å². The summed E-state index contributed by atoms with van der Waals surface area (Å²) >= 11 is 0. The lowest BCUT2D eigenvalue weighted by Crippen LogP contribution is -2.15. The summed E-state index contributed by atoms with van der Waals surface area (Å²) in [6.45, 7) is 1.22. The molecule has 0 radical (unpaired) electrons. The summed E-state index contributed by atoms with van der Waals surface area (Å²) in [4.78, 5) is 12.0. The van der Waals surface area contributed by atoms with Crippen molar-refractivity contribution in [1.82, 2.24) is 10.2 Å². The summed E-state index contributed by atoms with van der Waals surface area (Å²) < 4.78 is 5.39. The lowest BCUT2D eigenvalue weighted by atomic mass is 10.1. The van der Waals surface area contributed by atoms with Crippen molar-refractivity contribution in [1.29, 1.82) is 0 Å². The fourth-order valence-electron chi connectivity index (χ4n) is 2.31. The van der Waals surface area contributed by atoms with Gasteiger partial charge in [0.15, 0.2) is 5.82 Å². The molecule has 5 nitrogen and oxygen atoms in total. The SMILES string of the molecule is O=C(CCc1ccccc1)Nc1n[nH]c2c1COCC2. The molecule has 104 valence electrons. The van der Waals surface area contributed by atoms with Crippen LogP contribution in [0.2, 0.25) is 0 Å². The molecule has 1 aromatic heterocycles. The number of aryl methyl sites for hydroxylation is 1. The van der Waals surface area contributed by atoms with E-state index in [1.54, 1.807) is 0 Å². The second-order valence-corrected chi connectivity index (χ2v) is 4.87. The third kappa shape index (κ3) is 2.88. The second-order valence-electron chi connectivity index (χ2n) is 4.87.